The molecule has 0 aromatic carbocycles. The molecule has 1 atom stereocenters. The maximum Gasteiger partial charge on any atom is 0.244 e. The summed E-state index contributed by atoms with van der Waals surface area (Å²) >= 11 is 0. The third-order valence-electron chi connectivity index (χ3n) is 4.48. The fourth-order valence-electron chi connectivity index (χ4n) is 3.26. The lowest BCUT2D eigenvalue weighted by molar-refractivity contribution is 0.322. The molecule has 100 valence electrons. The number of aromatic nitrogens is 3. The number of rotatable bonds is 2. The van der Waals surface area contributed by atoms with Crippen molar-refractivity contribution in [3.05, 3.63) is 5.82 Å². The first-order valence-corrected chi connectivity index (χ1v) is 7.05. The zero-order chi connectivity index (χ0) is 12.6. The van der Waals surface area contributed by atoms with Crippen LogP contribution in [0.1, 0.15) is 44.9 Å². The van der Waals surface area contributed by atoms with Crippen LogP contribution in [-0.4, -0.2) is 41.4 Å². The van der Waals surface area contributed by atoms with Crippen molar-refractivity contribution in [1.29, 1.82) is 0 Å². The molecule has 5 nitrogen and oxygen atoms in total. The molecule has 1 saturated heterocycles. The quantitative estimate of drug-likeness (QED) is 0.834. The minimum Gasteiger partial charge on any atom is -0.337 e. The van der Waals surface area contributed by atoms with Gasteiger partial charge in [0.2, 0.25) is 5.95 Å². The fraction of sp³-hybridized carbons (Fsp3) is 0.846. The van der Waals surface area contributed by atoms with Crippen molar-refractivity contribution in [3.63, 3.8) is 0 Å². The third-order valence-corrected chi connectivity index (χ3v) is 4.48. The Balaban J connectivity index is 1.76. The van der Waals surface area contributed by atoms with Crippen LogP contribution < -0.4 is 10.2 Å². The van der Waals surface area contributed by atoms with Crippen LogP contribution in [0.4, 0.5) is 5.95 Å². The van der Waals surface area contributed by atoms with E-state index >= 15 is 0 Å². The molecule has 3 rings (SSSR count). The second-order valence-corrected chi connectivity index (χ2v) is 6.19. The molecule has 1 aliphatic carbocycles. The van der Waals surface area contributed by atoms with Gasteiger partial charge in [0.15, 0.2) is 0 Å². The summed E-state index contributed by atoms with van der Waals surface area (Å²) in [6.45, 7) is 8.75. The highest BCUT2D eigenvalue weighted by molar-refractivity contribution is 5.30. The molecule has 2 heterocycles. The zero-order valence-corrected chi connectivity index (χ0v) is 11.4. The molecule has 1 aromatic heterocycles. The van der Waals surface area contributed by atoms with Gasteiger partial charge in [0.1, 0.15) is 5.82 Å². The number of nitrogens with zero attached hydrogens (tertiary/aromatic N) is 3. The largest absolute Gasteiger partial charge is 0.337 e. The summed E-state index contributed by atoms with van der Waals surface area (Å²) in [6, 6.07) is 0. The molecule has 0 radical (unpaired) electrons. The van der Waals surface area contributed by atoms with Crippen molar-refractivity contribution >= 4 is 5.95 Å². The van der Waals surface area contributed by atoms with Crippen LogP contribution >= 0.6 is 0 Å². The number of anilines is 1. The summed E-state index contributed by atoms with van der Waals surface area (Å²) in [5.74, 6) is 2.52. The van der Waals surface area contributed by atoms with Crippen molar-refractivity contribution in [2.75, 3.05) is 31.1 Å². The first kappa shape index (κ1) is 12.0. The van der Waals surface area contributed by atoms with Gasteiger partial charge in [-0.2, -0.15) is 4.98 Å². The van der Waals surface area contributed by atoms with Crippen molar-refractivity contribution in [2.24, 2.45) is 5.41 Å². The van der Waals surface area contributed by atoms with Crippen LogP contribution in [0.2, 0.25) is 0 Å². The SMILES string of the molecule is CC1(C)CCCC1c1nc(N2CCNCC2)n[nH]1. The second kappa shape index (κ2) is 4.53. The van der Waals surface area contributed by atoms with E-state index in [0.717, 1.165) is 38.0 Å². The molecule has 0 bridgehead atoms. The molecule has 2 fully saturated rings. The molecule has 0 spiro atoms. The van der Waals surface area contributed by atoms with E-state index in [4.69, 9.17) is 4.98 Å². The van der Waals surface area contributed by atoms with Crippen LogP contribution in [0, 0.1) is 5.41 Å². The van der Waals surface area contributed by atoms with Crippen LogP contribution in [0.15, 0.2) is 0 Å². The Kier molecular flexibility index (Phi) is 3.01. The highest BCUT2D eigenvalue weighted by Gasteiger charge is 2.37. The standard InChI is InChI=1S/C13H23N5/c1-13(2)5-3-4-10(13)11-15-12(17-16-11)18-8-6-14-7-9-18/h10,14H,3-9H2,1-2H3,(H,15,16,17). The third kappa shape index (κ3) is 2.11. The summed E-state index contributed by atoms with van der Waals surface area (Å²) in [6.07, 6.45) is 3.84. The van der Waals surface area contributed by atoms with E-state index in [1.54, 1.807) is 0 Å². The molecular formula is C13H23N5. The first-order valence-electron chi connectivity index (χ1n) is 7.05. The fourth-order valence-corrected chi connectivity index (χ4v) is 3.26. The van der Waals surface area contributed by atoms with Gasteiger partial charge in [0, 0.05) is 32.1 Å². The minimum atomic E-state index is 0.361. The van der Waals surface area contributed by atoms with Gasteiger partial charge in [-0.3, -0.25) is 5.10 Å². The molecule has 2 N–H and O–H groups in total. The summed E-state index contributed by atoms with van der Waals surface area (Å²) in [7, 11) is 0. The van der Waals surface area contributed by atoms with E-state index in [1.165, 1.54) is 19.3 Å². The smallest absolute Gasteiger partial charge is 0.244 e. The van der Waals surface area contributed by atoms with Crippen LogP contribution in [0.5, 0.6) is 0 Å². The molecule has 1 aromatic rings. The Bertz CT molecular complexity index is 405. The second-order valence-electron chi connectivity index (χ2n) is 6.19. The van der Waals surface area contributed by atoms with E-state index in [1.807, 2.05) is 0 Å². The lowest BCUT2D eigenvalue weighted by atomic mass is 9.81. The highest BCUT2D eigenvalue weighted by atomic mass is 15.4. The lowest BCUT2D eigenvalue weighted by Crippen LogP contribution is -2.44. The molecule has 0 amide bonds. The first-order chi connectivity index (χ1) is 8.67. The molecule has 5 heteroatoms. The van der Waals surface area contributed by atoms with Gasteiger partial charge < -0.3 is 10.2 Å². The summed E-state index contributed by atoms with van der Waals surface area (Å²) in [5, 5.41) is 10.9. The number of piperazine rings is 1. The van der Waals surface area contributed by atoms with Gasteiger partial charge in [-0.05, 0) is 18.3 Å². The molecule has 2 aliphatic rings. The Morgan fingerprint density at radius 1 is 1.28 bits per heavy atom. The highest BCUT2D eigenvalue weighted by Crippen LogP contribution is 2.47. The predicted octanol–water partition coefficient (Wildman–Crippen LogP) is 1.51. The number of nitrogens with one attached hydrogen (secondary N) is 2. The molecule has 18 heavy (non-hydrogen) atoms. The summed E-state index contributed by atoms with van der Waals surface area (Å²) in [4.78, 5) is 7.01. The maximum atomic E-state index is 4.74. The number of H-pyrrole nitrogens is 1. The van der Waals surface area contributed by atoms with Gasteiger partial charge in [0.25, 0.3) is 0 Å². The normalized spacial score (nSPS) is 27.7. The lowest BCUT2D eigenvalue weighted by Gasteiger charge is -2.26. The monoisotopic (exact) mass is 249 g/mol. The number of hydrogen-bond donors (Lipinski definition) is 2. The van der Waals surface area contributed by atoms with Crippen LogP contribution in [0.25, 0.3) is 0 Å². The number of hydrogen-bond acceptors (Lipinski definition) is 4. The molecule has 1 unspecified atom stereocenters. The topological polar surface area (TPSA) is 56.8 Å². The van der Waals surface area contributed by atoms with Crippen molar-refractivity contribution < 1.29 is 0 Å². The van der Waals surface area contributed by atoms with Crippen LogP contribution in [-0.2, 0) is 0 Å². The average molecular weight is 249 g/mol. The van der Waals surface area contributed by atoms with Gasteiger partial charge in [-0.25, -0.2) is 0 Å². The van der Waals surface area contributed by atoms with Crippen LogP contribution in [0.3, 0.4) is 0 Å². The zero-order valence-electron chi connectivity index (χ0n) is 11.4. The summed E-state index contributed by atoms with van der Waals surface area (Å²) in [5.41, 5.74) is 0.361. The Morgan fingerprint density at radius 2 is 2.06 bits per heavy atom. The predicted molar refractivity (Wildman–Crippen MR) is 71.8 cm³/mol. The van der Waals surface area contributed by atoms with E-state index in [-0.39, 0.29) is 0 Å². The van der Waals surface area contributed by atoms with E-state index in [0.29, 0.717) is 11.3 Å². The van der Waals surface area contributed by atoms with E-state index < -0.39 is 0 Å². The van der Waals surface area contributed by atoms with Gasteiger partial charge in [-0.15, -0.1) is 5.10 Å². The molecule has 1 saturated carbocycles. The summed E-state index contributed by atoms with van der Waals surface area (Å²) < 4.78 is 0. The Morgan fingerprint density at radius 3 is 2.72 bits per heavy atom. The van der Waals surface area contributed by atoms with Gasteiger partial charge >= 0.3 is 0 Å². The average Bonchev–Trinajstić information content (AvgIpc) is 2.96. The molecule has 1 aliphatic heterocycles. The van der Waals surface area contributed by atoms with Crippen molar-refractivity contribution in [3.8, 4) is 0 Å². The van der Waals surface area contributed by atoms with E-state index in [9.17, 15) is 0 Å². The Labute approximate surface area is 108 Å². The van der Waals surface area contributed by atoms with Crippen molar-refractivity contribution in [1.82, 2.24) is 20.5 Å². The van der Waals surface area contributed by atoms with E-state index in [2.05, 4.69) is 34.3 Å². The Hall–Kier alpha value is -1.10. The number of aromatic amines is 1. The minimum absolute atomic E-state index is 0.361. The van der Waals surface area contributed by atoms with Crippen molar-refractivity contribution in [2.45, 2.75) is 39.0 Å². The van der Waals surface area contributed by atoms with Gasteiger partial charge in [-0.1, -0.05) is 20.3 Å². The molecular weight excluding hydrogens is 226 g/mol. The maximum absolute atomic E-state index is 4.74. The van der Waals surface area contributed by atoms with Gasteiger partial charge in [0.05, 0.1) is 0 Å².